The van der Waals surface area contributed by atoms with Gasteiger partial charge in [0.05, 0.1) is 12.7 Å². The highest BCUT2D eigenvalue weighted by Gasteiger charge is 2.27. The molecule has 5 heteroatoms. The van der Waals surface area contributed by atoms with Crippen LogP contribution in [0, 0.1) is 29.2 Å². The lowest BCUT2D eigenvalue weighted by atomic mass is 9.90. The molecule has 0 bridgehead atoms. The van der Waals surface area contributed by atoms with Crippen molar-refractivity contribution in [2.24, 2.45) is 5.92 Å². The standard InChI is InChI=1S/C31H34F4O/c1-3-5-6-8-20-9-18-27(36-19-20)26-17-16-25(30(34)31(26)35)22-12-10-21(11-13-22)24-15-14-23(7-4-2)28(32)29(24)33/h10-17,20,27H,3-9,18-19H2,1-2H3. The van der Waals surface area contributed by atoms with E-state index in [4.69, 9.17) is 4.74 Å². The van der Waals surface area contributed by atoms with Gasteiger partial charge >= 0.3 is 0 Å². The molecule has 1 aliphatic heterocycles. The Morgan fingerprint density at radius 2 is 1.33 bits per heavy atom. The predicted octanol–water partition coefficient (Wildman–Crippen LogP) is 9.58. The van der Waals surface area contributed by atoms with E-state index in [-0.39, 0.29) is 16.7 Å². The van der Waals surface area contributed by atoms with Crippen molar-refractivity contribution < 1.29 is 22.3 Å². The molecule has 1 saturated heterocycles. The van der Waals surface area contributed by atoms with E-state index in [0.717, 1.165) is 19.3 Å². The molecular weight excluding hydrogens is 464 g/mol. The van der Waals surface area contributed by atoms with Crippen LogP contribution in [0.3, 0.4) is 0 Å². The van der Waals surface area contributed by atoms with Crippen LogP contribution in [0.2, 0.25) is 0 Å². The molecule has 0 aromatic heterocycles. The molecule has 0 amide bonds. The SMILES string of the molecule is CCCCCC1CCC(c2ccc(-c3ccc(-c4ccc(CCC)c(F)c4F)cc3)c(F)c2F)OC1. The van der Waals surface area contributed by atoms with Crippen LogP contribution in [-0.2, 0) is 11.2 Å². The first-order valence-corrected chi connectivity index (χ1v) is 13.1. The first-order chi connectivity index (χ1) is 17.4. The third-order valence-corrected chi connectivity index (χ3v) is 7.23. The molecule has 2 unspecified atom stereocenters. The van der Waals surface area contributed by atoms with Gasteiger partial charge < -0.3 is 4.74 Å². The highest BCUT2D eigenvalue weighted by Crippen LogP contribution is 2.37. The van der Waals surface area contributed by atoms with Crippen LogP contribution in [0.4, 0.5) is 17.6 Å². The van der Waals surface area contributed by atoms with E-state index in [1.165, 1.54) is 19.3 Å². The number of hydrogen-bond donors (Lipinski definition) is 0. The minimum Gasteiger partial charge on any atom is -0.373 e. The Hall–Kier alpha value is -2.66. The fourth-order valence-corrected chi connectivity index (χ4v) is 5.10. The number of halogens is 4. The van der Waals surface area contributed by atoms with Crippen molar-refractivity contribution in [3.05, 3.63) is 82.9 Å². The maximum atomic E-state index is 15.1. The fourth-order valence-electron chi connectivity index (χ4n) is 5.10. The normalized spacial score (nSPS) is 17.9. The summed E-state index contributed by atoms with van der Waals surface area (Å²) in [6, 6.07) is 12.7. The molecule has 0 N–H and O–H groups in total. The van der Waals surface area contributed by atoms with E-state index < -0.39 is 29.4 Å². The van der Waals surface area contributed by atoms with Crippen LogP contribution in [0.1, 0.15) is 76.0 Å². The zero-order valence-electron chi connectivity index (χ0n) is 21.1. The van der Waals surface area contributed by atoms with E-state index in [0.29, 0.717) is 42.1 Å². The van der Waals surface area contributed by atoms with Crippen LogP contribution in [0.25, 0.3) is 22.3 Å². The monoisotopic (exact) mass is 498 g/mol. The summed E-state index contributed by atoms with van der Waals surface area (Å²) in [4.78, 5) is 0. The Kier molecular flexibility index (Phi) is 8.84. The van der Waals surface area contributed by atoms with Gasteiger partial charge in [-0.15, -0.1) is 0 Å². The Bertz CT molecular complexity index is 1160. The van der Waals surface area contributed by atoms with Crippen LogP contribution >= 0.6 is 0 Å². The molecule has 1 aliphatic rings. The van der Waals surface area contributed by atoms with Crippen molar-refractivity contribution in [2.75, 3.05) is 6.61 Å². The Morgan fingerprint density at radius 3 is 1.92 bits per heavy atom. The summed E-state index contributed by atoms with van der Waals surface area (Å²) in [5.74, 6) is -3.05. The summed E-state index contributed by atoms with van der Waals surface area (Å²) in [5, 5.41) is 0. The zero-order chi connectivity index (χ0) is 25.7. The van der Waals surface area contributed by atoms with Crippen LogP contribution in [-0.4, -0.2) is 6.61 Å². The third-order valence-electron chi connectivity index (χ3n) is 7.23. The second kappa shape index (κ2) is 12.1. The van der Waals surface area contributed by atoms with Gasteiger partial charge in [-0.1, -0.05) is 88.1 Å². The van der Waals surface area contributed by atoms with Gasteiger partial charge in [0, 0.05) is 16.7 Å². The maximum Gasteiger partial charge on any atom is 0.167 e. The van der Waals surface area contributed by atoms with E-state index in [1.807, 2.05) is 6.92 Å². The van der Waals surface area contributed by atoms with E-state index in [2.05, 4.69) is 6.92 Å². The first-order valence-electron chi connectivity index (χ1n) is 13.1. The largest absolute Gasteiger partial charge is 0.373 e. The number of aryl methyl sites for hydroxylation is 1. The molecule has 1 nitrogen and oxygen atoms in total. The molecule has 3 aromatic carbocycles. The molecular formula is C31H34F4O. The summed E-state index contributed by atoms with van der Waals surface area (Å²) in [7, 11) is 0. The molecule has 0 radical (unpaired) electrons. The second-order valence-electron chi connectivity index (χ2n) is 9.82. The van der Waals surface area contributed by atoms with Crippen LogP contribution in [0.15, 0.2) is 48.5 Å². The quantitative estimate of drug-likeness (QED) is 0.211. The maximum absolute atomic E-state index is 15.1. The van der Waals surface area contributed by atoms with Crippen molar-refractivity contribution in [1.82, 2.24) is 0 Å². The number of hydrogen-bond acceptors (Lipinski definition) is 1. The third kappa shape index (κ3) is 5.67. The number of ether oxygens (including phenoxy) is 1. The van der Waals surface area contributed by atoms with Crippen molar-refractivity contribution in [3.63, 3.8) is 0 Å². The molecule has 4 rings (SSSR count). The number of rotatable bonds is 9. The Morgan fingerprint density at radius 1 is 0.694 bits per heavy atom. The zero-order valence-corrected chi connectivity index (χ0v) is 21.1. The van der Waals surface area contributed by atoms with Gasteiger partial charge in [-0.25, -0.2) is 17.6 Å². The summed E-state index contributed by atoms with van der Waals surface area (Å²) in [6.07, 6.45) is 7.06. The van der Waals surface area contributed by atoms with Crippen LogP contribution < -0.4 is 0 Å². The molecule has 0 saturated carbocycles. The van der Waals surface area contributed by atoms with Gasteiger partial charge in [0.25, 0.3) is 0 Å². The predicted molar refractivity (Wildman–Crippen MR) is 137 cm³/mol. The first kappa shape index (κ1) is 26.4. The molecule has 3 aromatic rings. The Balaban J connectivity index is 1.49. The summed E-state index contributed by atoms with van der Waals surface area (Å²) < 4.78 is 65.1. The van der Waals surface area contributed by atoms with Gasteiger partial charge in [-0.05, 0) is 48.3 Å². The minimum atomic E-state index is -0.921. The number of benzene rings is 3. The lowest BCUT2D eigenvalue weighted by Crippen LogP contribution is -2.21. The Labute approximate surface area is 211 Å². The second-order valence-corrected chi connectivity index (χ2v) is 9.82. The van der Waals surface area contributed by atoms with E-state index in [9.17, 15) is 8.78 Å². The van der Waals surface area contributed by atoms with Crippen molar-refractivity contribution in [3.8, 4) is 22.3 Å². The highest BCUT2D eigenvalue weighted by molar-refractivity contribution is 5.71. The molecule has 36 heavy (non-hydrogen) atoms. The van der Waals surface area contributed by atoms with Gasteiger partial charge in [0.15, 0.2) is 23.3 Å². The van der Waals surface area contributed by atoms with Gasteiger partial charge in [-0.2, -0.15) is 0 Å². The van der Waals surface area contributed by atoms with E-state index in [1.54, 1.807) is 48.5 Å². The fraction of sp³-hybridized carbons (Fsp3) is 0.419. The lowest BCUT2D eigenvalue weighted by molar-refractivity contribution is -0.0218. The number of unbranched alkanes of at least 4 members (excludes halogenated alkanes) is 2. The highest BCUT2D eigenvalue weighted by atomic mass is 19.2. The molecule has 2 atom stereocenters. The minimum absolute atomic E-state index is 0.126. The molecule has 192 valence electrons. The smallest absolute Gasteiger partial charge is 0.167 e. The topological polar surface area (TPSA) is 9.23 Å². The van der Waals surface area contributed by atoms with Gasteiger partial charge in [0.1, 0.15) is 0 Å². The van der Waals surface area contributed by atoms with Crippen molar-refractivity contribution in [1.29, 1.82) is 0 Å². The van der Waals surface area contributed by atoms with Gasteiger partial charge in [0.2, 0.25) is 0 Å². The molecule has 0 spiro atoms. The summed E-state index contributed by atoms with van der Waals surface area (Å²) in [6.45, 7) is 4.66. The van der Waals surface area contributed by atoms with Crippen LogP contribution in [0.5, 0.6) is 0 Å². The van der Waals surface area contributed by atoms with E-state index >= 15 is 8.78 Å². The summed E-state index contributed by atoms with van der Waals surface area (Å²) in [5.41, 5.74) is 1.81. The van der Waals surface area contributed by atoms with Crippen molar-refractivity contribution >= 4 is 0 Å². The molecule has 1 fully saturated rings. The van der Waals surface area contributed by atoms with Crippen molar-refractivity contribution in [2.45, 2.75) is 71.3 Å². The average Bonchev–Trinajstić information content (AvgIpc) is 2.90. The molecule has 0 aliphatic carbocycles. The average molecular weight is 499 g/mol. The van der Waals surface area contributed by atoms with Gasteiger partial charge in [-0.3, -0.25) is 0 Å². The molecule has 1 heterocycles. The summed E-state index contributed by atoms with van der Waals surface area (Å²) >= 11 is 0. The lowest BCUT2D eigenvalue weighted by Gasteiger charge is -2.29.